The van der Waals surface area contributed by atoms with Crippen LogP contribution in [0.2, 0.25) is 0 Å². The average Bonchev–Trinajstić information content (AvgIpc) is 2.35. The Morgan fingerprint density at radius 1 is 1.24 bits per heavy atom. The largest absolute Gasteiger partial charge is 0.493 e. The molecule has 0 aliphatic carbocycles. The van der Waals surface area contributed by atoms with Crippen molar-refractivity contribution in [1.29, 1.82) is 0 Å². The minimum absolute atomic E-state index is 0.0160. The van der Waals surface area contributed by atoms with E-state index in [1.807, 2.05) is 0 Å². The highest BCUT2D eigenvalue weighted by Crippen LogP contribution is 2.37. The monoisotopic (exact) mass is 304 g/mol. The van der Waals surface area contributed by atoms with Crippen LogP contribution in [0, 0.1) is 5.82 Å². The van der Waals surface area contributed by atoms with Crippen LogP contribution < -0.4 is 9.47 Å². The van der Waals surface area contributed by atoms with Crippen LogP contribution >= 0.6 is 15.9 Å². The fraction of sp³-hybridized carbons (Fsp3) is 0.538. The number of ether oxygens (including phenoxy) is 2. The molecule has 0 aliphatic heterocycles. The minimum atomic E-state index is -0.263. The predicted molar refractivity (Wildman–Crippen MR) is 70.7 cm³/mol. The lowest BCUT2D eigenvalue weighted by Crippen LogP contribution is -1.99. The van der Waals surface area contributed by atoms with E-state index in [0.29, 0.717) is 17.1 Å². The van der Waals surface area contributed by atoms with Crippen molar-refractivity contribution in [3.63, 3.8) is 0 Å². The molecule has 2 nitrogen and oxygen atoms in total. The quantitative estimate of drug-likeness (QED) is 0.722. The van der Waals surface area contributed by atoms with Crippen molar-refractivity contribution in [1.82, 2.24) is 0 Å². The molecule has 0 fully saturated rings. The van der Waals surface area contributed by atoms with Gasteiger partial charge in [0.05, 0.1) is 14.2 Å². The molecule has 0 N–H and O–H groups in total. The molecule has 1 aromatic carbocycles. The van der Waals surface area contributed by atoms with Gasteiger partial charge in [-0.1, -0.05) is 35.7 Å². The molecule has 0 radical (unpaired) electrons. The first-order chi connectivity index (χ1) is 8.13. The molecule has 1 unspecified atom stereocenters. The first-order valence-corrected chi connectivity index (χ1v) is 6.61. The third-order valence-electron chi connectivity index (χ3n) is 2.65. The van der Waals surface area contributed by atoms with E-state index in [-0.39, 0.29) is 10.6 Å². The lowest BCUT2D eigenvalue weighted by molar-refractivity contribution is 0.351. The summed E-state index contributed by atoms with van der Waals surface area (Å²) >= 11 is 3.51. The molecule has 0 spiro atoms. The Morgan fingerprint density at radius 3 is 2.35 bits per heavy atom. The molecule has 1 aromatic rings. The van der Waals surface area contributed by atoms with Gasteiger partial charge in [-0.15, -0.1) is 0 Å². The molecule has 96 valence electrons. The second-order valence-electron chi connectivity index (χ2n) is 3.84. The standard InChI is InChI=1S/C13H18BrFO2/c1-4-5-6-10(14)9-7-12(16-2)13(17-3)8-11(9)15/h7-8,10H,4-6H2,1-3H3. The number of halogens is 2. The topological polar surface area (TPSA) is 18.5 Å². The van der Waals surface area contributed by atoms with Gasteiger partial charge in [-0.05, 0) is 12.5 Å². The normalized spacial score (nSPS) is 12.3. The summed E-state index contributed by atoms with van der Waals surface area (Å²) in [7, 11) is 3.05. The Bertz CT molecular complexity index is 369. The highest BCUT2D eigenvalue weighted by Gasteiger charge is 2.16. The van der Waals surface area contributed by atoms with Crippen LogP contribution in [-0.4, -0.2) is 14.2 Å². The van der Waals surface area contributed by atoms with E-state index in [2.05, 4.69) is 22.9 Å². The average molecular weight is 305 g/mol. The second-order valence-corrected chi connectivity index (χ2v) is 4.94. The van der Waals surface area contributed by atoms with E-state index in [9.17, 15) is 4.39 Å². The molecule has 0 saturated carbocycles. The molecular formula is C13H18BrFO2. The van der Waals surface area contributed by atoms with Crippen LogP contribution in [0.5, 0.6) is 11.5 Å². The highest BCUT2D eigenvalue weighted by molar-refractivity contribution is 9.09. The number of benzene rings is 1. The summed E-state index contributed by atoms with van der Waals surface area (Å²) in [5.74, 6) is 0.717. The molecule has 0 bridgehead atoms. The number of alkyl halides is 1. The van der Waals surface area contributed by atoms with Gasteiger partial charge in [0.1, 0.15) is 5.82 Å². The first-order valence-electron chi connectivity index (χ1n) is 5.69. The summed E-state index contributed by atoms with van der Waals surface area (Å²) in [5, 5.41) is 0. The SMILES string of the molecule is CCCCC(Br)c1cc(OC)c(OC)cc1F. The van der Waals surface area contributed by atoms with Crippen molar-refractivity contribution in [2.24, 2.45) is 0 Å². The van der Waals surface area contributed by atoms with Crippen LogP contribution in [0.1, 0.15) is 36.6 Å². The summed E-state index contributed by atoms with van der Waals surface area (Å²) in [4.78, 5) is 0.0160. The summed E-state index contributed by atoms with van der Waals surface area (Å²) in [5.41, 5.74) is 0.621. The van der Waals surface area contributed by atoms with E-state index in [4.69, 9.17) is 9.47 Å². The number of hydrogen-bond donors (Lipinski definition) is 0. The molecule has 0 saturated heterocycles. The van der Waals surface area contributed by atoms with Crippen molar-refractivity contribution in [2.45, 2.75) is 31.0 Å². The molecule has 1 atom stereocenters. The maximum atomic E-state index is 13.9. The Kier molecular flexibility index (Phi) is 5.75. The second kappa shape index (κ2) is 6.84. The molecule has 0 amide bonds. The van der Waals surface area contributed by atoms with E-state index in [0.717, 1.165) is 19.3 Å². The van der Waals surface area contributed by atoms with Gasteiger partial charge in [0.25, 0.3) is 0 Å². The van der Waals surface area contributed by atoms with Crippen LogP contribution in [0.15, 0.2) is 12.1 Å². The lowest BCUT2D eigenvalue weighted by Gasteiger charge is -2.14. The highest BCUT2D eigenvalue weighted by atomic mass is 79.9. The smallest absolute Gasteiger partial charge is 0.163 e. The van der Waals surface area contributed by atoms with Gasteiger partial charge in [0, 0.05) is 16.5 Å². The number of rotatable bonds is 6. The predicted octanol–water partition coefficient (Wildman–Crippen LogP) is 4.47. The molecule has 17 heavy (non-hydrogen) atoms. The zero-order chi connectivity index (χ0) is 12.8. The van der Waals surface area contributed by atoms with Crippen LogP contribution in [0.4, 0.5) is 4.39 Å². The number of methoxy groups -OCH3 is 2. The van der Waals surface area contributed by atoms with Gasteiger partial charge < -0.3 is 9.47 Å². The van der Waals surface area contributed by atoms with Crippen molar-refractivity contribution in [3.05, 3.63) is 23.5 Å². The summed E-state index contributed by atoms with van der Waals surface area (Å²) in [6.07, 6.45) is 3.06. The fourth-order valence-electron chi connectivity index (χ4n) is 1.65. The Balaban J connectivity index is 2.99. The third-order valence-corrected chi connectivity index (χ3v) is 3.60. The van der Waals surface area contributed by atoms with Crippen LogP contribution in [0.25, 0.3) is 0 Å². The molecule has 0 aliphatic rings. The molecule has 0 heterocycles. The van der Waals surface area contributed by atoms with E-state index < -0.39 is 0 Å². The van der Waals surface area contributed by atoms with E-state index in [1.165, 1.54) is 13.2 Å². The Morgan fingerprint density at radius 2 is 1.82 bits per heavy atom. The minimum Gasteiger partial charge on any atom is -0.493 e. The zero-order valence-electron chi connectivity index (χ0n) is 10.4. The Labute approximate surface area is 110 Å². The van der Waals surface area contributed by atoms with Crippen molar-refractivity contribution < 1.29 is 13.9 Å². The maximum absolute atomic E-state index is 13.9. The van der Waals surface area contributed by atoms with Gasteiger partial charge in [-0.3, -0.25) is 0 Å². The summed E-state index contributed by atoms with van der Waals surface area (Å²) in [6.45, 7) is 2.12. The van der Waals surface area contributed by atoms with Crippen molar-refractivity contribution in [3.8, 4) is 11.5 Å². The molecule has 4 heteroatoms. The van der Waals surface area contributed by atoms with Crippen molar-refractivity contribution >= 4 is 15.9 Å². The van der Waals surface area contributed by atoms with Gasteiger partial charge in [0.2, 0.25) is 0 Å². The molecular weight excluding hydrogens is 287 g/mol. The van der Waals surface area contributed by atoms with E-state index >= 15 is 0 Å². The number of hydrogen-bond acceptors (Lipinski definition) is 2. The lowest BCUT2D eigenvalue weighted by atomic mass is 10.1. The summed E-state index contributed by atoms with van der Waals surface area (Å²) < 4.78 is 24.1. The van der Waals surface area contributed by atoms with Gasteiger partial charge in [0.15, 0.2) is 11.5 Å². The fourth-order valence-corrected chi connectivity index (χ4v) is 2.32. The van der Waals surface area contributed by atoms with E-state index in [1.54, 1.807) is 13.2 Å². The van der Waals surface area contributed by atoms with Gasteiger partial charge >= 0.3 is 0 Å². The first kappa shape index (κ1) is 14.3. The maximum Gasteiger partial charge on any atom is 0.163 e. The third kappa shape index (κ3) is 3.60. The molecule has 1 rings (SSSR count). The van der Waals surface area contributed by atoms with Crippen LogP contribution in [-0.2, 0) is 0 Å². The summed E-state index contributed by atoms with van der Waals surface area (Å²) in [6, 6.07) is 3.07. The molecule has 0 aromatic heterocycles. The van der Waals surface area contributed by atoms with Crippen LogP contribution in [0.3, 0.4) is 0 Å². The Hall–Kier alpha value is -0.770. The number of unbranched alkanes of at least 4 members (excludes halogenated alkanes) is 1. The van der Waals surface area contributed by atoms with Crippen molar-refractivity contribution in [2.75, 3.05) is 14.2 Å². The van der Waals surface area contributed by atoms with Gasteiger partial charge in [-0.25, -0.2) is 4.39 Å². The zero-order valence-corrected chi connectivity index (χ0v) is 12.0. The van der Waals surface area contributed by atoms with Gasteiger partial charge in [-0.2, -0.15) is 0 Å².